The largest absolute Gasteiger partial charge is 0.374 e. The molecule has 0 unspecified atom stereocenters. The Balaban J connectivity index is 2.00. The van der Waals surface area contributed by atoms with Gasteiger partial charge in [-0.3, -0.25) is 25.0 Å². The molecule has 1 amide bonds. The van der Waals surface area contributed by atoms with Crippen LogP contribution in [0.1, 0.15) is 36.3 Å². The third-order valence-electron chi connectivity index (χ3n) is 7.49. The number of amides is 1. The van der Waals surface area contributed by atoms with Crippen LogP contribution in [0.3, 0.4) is 0 Å². The van der Waals surface area contributed by atoms with Gasteiger partial charge in [0.2, 0.25) is 11.6 Å². The summed E-state index contributed by atoms with van der Waals surface area (Å²) in [4.78, 5) is 37.6. The van der Waals surface area contributed by atoms with Crippen LogP contribution in [0.25, 0.3) is 0 Å². The molecule has 2 N–H and O–H groups in total. The maximum atomic E-state index is 13.9. The molecular formula is C27H23Cl2F2N3O6. The van der Waals surface area contributed by atoms with Gasteiger partial charge in [-0.15, -0.1) is 0 Å². The molecule has 210 valence electrons. The van der Waals surface area contributed by atoms with Crippen molar-refractivity contribution in [2.45, 2.75) is 42.9 Å². The number of carbonyl (C=O) groups excluding carboxylic acids is 1. The Morgan fingerprint density at radius 3 is 1.93 bits per heavy atom. The molecular weight excluding hydrogens is 571 g/mol. The van der Waals surface area contributed by atoms with Gasteiger partial charge in [0.25, 0.3) is 11.9 Å². The van der Waals surface area contributed by atoms with Gasteiger partial charge in [0, 0.05) is 20.8 Å². The zero-order valence-electron chi connectivity index (χ0n) is 20.8. The van der Waals surface area contributed by atoms with E-state index >= 15 is 0 Å². The van der Waals surface area contributed by atoms with Crippen molar-refractivity contribution in [3.05, 3.63) is 120 Å². The molecule has 13 heteroatoms. The molecule has 1 saturated carbocycles. The number of aliphatic hydroxyl groups is 1. The fourth-order valence-electron chi connectivity index (χ4n) is 5.83. The van der Waals surface area contributed by atoms with E-state index in [0.717, 1.165) is 36.4 Å². The summed E-state index contributed by atoms with van der Waals surface area (Å²) in [6, 6.07) is 9.04. The second-order valence-electron chi connectivity index (χ2n) is 9.58. The summed E-state index contributed by atoms with van der Waals surface area (Å²) >= 11 is 12.2. The van der Waals surface area contributed by atoms with Gasteiger partial charge in [-0.1, -0.05) is 54.4 Å². The molecule has 40 heavy (non-hydrogen) atoms. The smallest absolute Gasteiger partial charge is 0.264 e. The molecule has 1 fully saturated rings. The second kappa shape index (κ2) is 11.4. The first kappa shape index (κ1) is 29.3. The number of halogens is 4. The maximum Gasteiger partial charge on any atom is 0.264 e. The molecule has 1 aliphatic rings. The van der Waals surface area contributed by atoms with Crippen LogP contribution in [0.4, 0.5) is 14.5 Å². The molecule has 3 aromatic carbocycles. The Kier molecular flexibility index (Phi) is 8.38. The number of nitrogens with one attached hydrogen (secondary N) is 1. The number of benzene rings is 3. The molecule has 3 aromatic rings. The van der Waals surface area contributed by atoms with Gasteiger partial charge in [0.1, 0.15) is 17.6 Å². The van der Waals surface area contributed by atoms with Crippen molar-refractivity contribution >= 4 is 34.8 Å². The highest BCUT2D eigenvalue weighted by molar-refractivity contribution is 6.35. The van der Waals surface area contributed by atoms with Gasteiger partial charge in [0.05, 0.1) is 16.6 Å². The van der Waals surface area contributed by atoms with Crippen molar-refractivity contribution in [1.82, 2.24) is 0 Å². The monoisotopic (exact) mass is 593 g/mol. The number of rotatable bonds is 7. The molecule has 0 saturated heterocycles. The van der Waals surface area contributed by atoms with Gasteiger partial charge in [-0.25, -0.2) is 8.78 Å². The van der Waals surface area contributed by atoms with Crippen molar-refractivity contribution in [2.75, 3.05) is 5.32 Å². The van der Waals surface area contributed by atoms with Crippen molar-refractivity contribution in [1.29, 1.82) is 0 Å². The summed E-state index contributed by atoms with van der Waals surface area (Å²) in [6.07, 6.45) is -0.111. The zero-order valence-corrected chi connectivity index (χ0v) is 22.4. The van der Waals surface area contributed by atoms with Crippen molar-refractivity contribution in [2.24, 2.45) is 5.92 Å². The van der Waals surface area contributed by atoms with Gasteiger partial charge >= 0.3 is 0 Å². The van der Waals surface area contributed by atoms with E-state index in [1.807, 2.05) is 0 Å². The Bertz CT molecular complexity index is 1440. The van der Waals surface area contributed by atoms with Crippen LogP contribution in [0.5, 0.6) is 0 Å². The summed E-state index contributed by atoms with van der Waals surface area (Å²) in [5.41, 5.74) is -2.74. The summed E-state index contributed by atoms with van der Waals surface area (Å²) in [5.74, 6) is -6.94. The minimum absolute atomic E-state index is 0.0243. The number of hydrogen-bond donors (Lipinski definition) is 2. The van der Waals surface area contributed by atoms with E-state index in [1.165, 1.54) is 37.3 Å². The zero-order chi connectivity index (χ0) is 29.4. The number of nitrogens with zero attached hydrogens (tertiary/aromatic N) is 2. The third-order valence-corrected chi connectivity index (χ3v) is 8.05. The molecule has 0 heterocycles. The minimum Gasteiger partial charge on any atom is -0.374 e. The third kappa shape index (κ3) is 5.24. The first-order valence-corrected chi connectivity index (χ1v) is 12.9. The lowest BCUT2D eigenvalue weighted by molar-refractivity contribution is -0.593. The van der Waals surface area contributed by atoms with Crippen molar-refractivity contribution < 1.29 is 28.5 Å². The molecule has 1 aliphatic carbocycles. The van der Waals surface area contributed by atoms with Crippen LogP contribution in [-0.4, -0.2) is 38.5 Å². The molecule has 9 nitrogen and oxygen atoms in total. The van der Waals surface area contributed by atoms with Crippen LogP contribution < -0.4 is 5.32 Å². The highest BCUT2D eigenvalue weighted by Crippen LogP contribution is 2.53. The lowest BCUT2D eigenvalue weighted by Crippen LogP contribution is -2.69. The molecule has 0 bridgehead atoms. The van der Waals surface area contributed by atoms with E-state index in [9.17, 15) is 38.9 Å². The van der Waals surface area contributed by atoms with Gasteiger partial charge in [-0.2, -0.15) is 0 Å². The fraction of sp³-hybridized carbons (Fsp3) is 0.296. The predicted octanol–water partition coefficient (Wildman–Crippen LogP) is 5.84. The number of carbonyl (C=O) groups is 1. The second-order valence-corrected chi connectivity index (χ2v) is 10.4. The lowest BCUT2D eigenvalue weighted by Gasteiger charge is -2.48. The maximum absolute atomic E-state index is 13.9. The highest BCUT2D eigenvalue weighted by atomic mass is 35.5. The van der Waals surface area contributed by atoms with Crippen molar-refractivity contribution in [3.8, 4) is 0 Å². The van der Waals surface area contributed by atoms with Gasteiger partial charge in [0.15, 0.2) is 0 Å². The molecule has 6 atom stereocenters. The molecule has 0 aromatic heterocycles. The van der Waals surface area contributed by atoms with Gasteiger partial charge < -0.3 is 10.4 Å². The standard InChI is InChI=1S/C27H23Cl2F2N3O6/c1-2-19-22(14-3-8-17(30)9-4-14)24(33(37)38)23(15-5-10-18(31)11-6-15)25(34(39)40)27(19,36)26(35)32-21-13-16(28)7-12-20(21)29/h3-13,19,22-25,36H,2H2,1H3,(H,32,35)/t19-,22+,23-,24+,25+,27-/m1/s1. The Morgan fingerprint density at radius 1 is 0.925 bits per heavy atom. The van der Waals surface area contributed by atoms with E-state index in [0.29, 0.717) is 0 Å². The number of nitro groups is 2. The van der Waals surface area contributed by atoms with E-state index in [-0.39, 0.29) is 33.3 Å². The summed E-state index contributed by atoms with van der Waals surface area (Å²) in [7, 11) is 0. The molecule has 0 aliphatic heterocycles. The normalized spacial score (nSPS) is 26.2. The SMILES string of the molecule is CC[C@@H]1[C@H](c2ccc(F)cc2)[C@H]([N+](=O)[O-])[C@@H](c2ccc(F)cc2)[C@H]([N+](=O)[O-])[C@@]1(O)C(=O)Nc1cc(Cl)ccc1Cl. The quantitative estimate of drug-likeness (QED) is 0.261. The van der Waals surface area contributed by atoms with Crippen LogP contribution >= 0.6 is 23.2 Å². The van der Waals surface area contributed by atoms with E-state index < -0.39 is 62.8 Å². The van der Waals surface area contributed by atoms with Gasteiger partial charge in [-0.05, 0) is 60.0 Å². The van der Waals surface area contributed by atoms with Crippen LogP contribution in [-0.2, 0) is 4.79 Å². The number of hydrogen-bond acceptors (Lipinski definition) is 6. The minimum atomic E-state index is -2.85. The first-order valence-electron chi connectivity index (χ1n) is 12.2. The van der Waals surface area contributed by atoms with E-state index in [4.69, 9.17) is 23.2 Å². The lowest BCUT2D eigenvalue weighted by atomic mass is 9.56. The Hall–Kier alpha value is -3.67. The van der Waals surface area contributed by atoms with Crippen molar-refractivity contribution in [3.63, 3.8) is 0 Å². The van der Waals surface area contributed by atoms with E-state index in [2.05, 4.69) is 5.32 Å². The summed E-state index contributed by atoms with van der Waals surface area (Å²) in [6.45, 7) is 1.53. The summed E-state index contributed by atoms with van der Waals surface area (Å²) in [5, 5.41) is 40.2. The topological polar surface area (TPSA) is 136 Å². The number of anilines is 1. The van der Waals surface area contributed by atoms with Crippen LogP contribution in [0, 0.1) is 37.8 Å². The average Bonchev–Trinajstić information content (AvgIpc) is 2.90. The Morgan fingerprint density at radius 2 is 1.45 bits per heavy atom. The molecule has 0 spiro atoms. The average molecular weight is 594 g/mol. The first-order chi connectivity index (χ1) is 18.9. The highest BCUT2D eigenvalue weighted by Gasteiger charge is 2.71. The van der Waals surface area contributed by atoms with Crippen LogP contribution in [0.15, 0.2) is 66.7 Å². The Labute approximate surface area is 237 Å². The molecule has 0 radical (unpaired) electrons. The van der Waals surface area contributed by atoms with E-state index in [1.54, 1.807) is 0 Å². The fourth-order valence-corrected chi connectivity index (χ4v) is 6.17. The van der Waals surface area contributed by atoms with Crippen LogP contribution in [0.2, 0.25) is 10.0 Å². The predicted molar refractivity (Wildman–Crippen MR) is 144 cm³/mol. The molecule has 4 rings (SSSR count). The summed E-state index contributed by atoms with van der Waals surface area (Å²) < 4.78 is 27.6.